The third-order valence-corrected chi connectivity index (χ3v) is 5.90. The molecule has 0 aromatic heterocycles. The highest BCUT2D eigenvalue weighted by Gasteiger charge is 2.28. The predicted molar refractivity (Wildman–Crippen MR) is 114 cm³/mol. The summed E-state index contributed by atoms with van der Waals surface area (Å²) in [5.41, 5.74) is 3.01. The molecule has 0 bridgehead atoms. The molecule has 2 aliphatic carbocycles. The van der Waals surface area contributed by atoms with Crippen molar-refractivity contribution in [3.63, 3.8) is 0 Å². The third-order valence-electron chi connectivity index (χ3n) is 5.90. The minimum Gasteiger partial charge on any atom is -0.377 e. The van der Waals surface area contributed by atoms with Gasteiger partial charge in [0, 0.05) is 50.4 Å². The van der Waals surface area contributed by atoms with Crippen LogP contribution in [-0.2, 0) is 16.1 Å². The zero-order valence-electron chi connectivity index (χ0n) is 17.8. The molecule has 0 spiro atoms. The number of benzene rings is 1. The van der Waals surface area contributed by atoms with Crippen molar-refractivity contribution in [2.75, 3.05) is 30.9 Å². The van der Waals surface area contributed by atoms with Gasteiger partial charge in [-0.25, -0.2) is 0 Å². The first kappa shape index (κ1) is 20.7. The third kappa shape index (κ3) is 5.27. The number of carbonyl (C=O) groups is 2. The van der Waals surface area contributed by atoms with Crippen LogP contribution in [0.3, 0.4) is 0 Å². The fourth-order valence-corrected chi connectivity index (χ4v) is 4.07. The second kappa shape index (κ2) is 8.97. The fourth-order valence-electron chi connectivity index (χ4n) is 4.07. The van der Waals surface area contributed by atoms with Gasteiger partial charge in [0.1, 0.15) is 0 Å². The topological polar surface area (TPSA) is 52.7 Å². The first-order chi connectivity index (χ1) is 13.3. The Balaban J connectivity index is 1.79. The van der Waals surface area contributed by atoms with E-state index in [1.807, 2.05) is 38.9 Å². The Hall–Kier alpha value is -2.04. The molecule has 2 saturated carbocycles. The van der Waals surface area contributed by atoms with E-state index in [0.29, 0.717) is 12.5 Å². The largest absolute Gasteiger partial charge is 0.377 e. The molecule has 2 fully saturated rings. The molecule has 1 aromatic carbocycles. The standard InChI is InChI=1S/C23H35N3O2/c1-16(2)23(28)26(14-17-9-10-17)15-19-13-20(11-12-21(19)25(3)4)24-22(27)18-7-5-6-8-18/h11-13,16-18H,5-10,14-15H2,1-4H3,(H,24,27). The van der Waals surface area contributed by atoms with Crippen molar-refractivity contribution < 1.29 is 9.59 Å². The van der Waals surface area contributed by atoms with E-state index in [9.17, 15) is 9.59 Å². The molecule has 2 amide bonds. The lowest BCUT2D eigenvalue weighted by Gasteiger charge is -2.27. The number of anilines is 2. The quantitative estimate of drug-likeness (QED) is 0.727. The van der Waals surface area contributed by atoms with Crippen LogP contribution in [0.5, 0.6) is 0 Å². The van der Waals surface area contributed by atoms with E-state index in [1.54, 1.807) is 0 Å². The summed E-state index contributed by atoms with van der Waals surface area (Å²) in [5.74, 6) is 1.12. The Labute approximate surface area is 169 Å². The highest BCUT2D eigenvalue weighted by atomic mass is 16.2. The molecule has 5 nitrogen and oxygen atoms in total. The SMILES string of the molecule is CC(C)C(=O)N(Cc1cc(NC(=O)C2CCCC2)ccc1N(C)C)CC1CC1. The van der Waals surface area contributed by atoms with Crippen molar-refractivity contribution in [2.45, 2.75) is 58.9 Å². The molecule has 0 atom stereocenters. The second-order valence-corrected chi connectivity index (χ2v) is 9.03. The van der Waals surface area contributed by atoms with Crippen LogP contribution in [0.15, 0.2) is 18.2 Å². The van der Waals surface area contributed by atoms with Gasteiger partial charge in [0.25, 0.3) is 0 Å². The van der Waals surface area contributed by atoms with E-state index in [0.717, 1.165) is 49.2 Å². The van der Waals surface area contributed by atoms with Crippen LogP contribution in [-0.4, -0.2) is 37.4 Å². The zero-order valence-corrected chi connectivity index (χ0v) is 17.8. The first-order valence-electron chi connectivity index (χ1n) is 10.7. The van der Waals surface area contributed by atoms with E-state index >= 15 is 0 Å². The fraction of sp³-hybridized carbons (Fsp3) is 0.652. The van der Waals surface area contributed by atoms with Crippen LogP contribution in [0.2, 0.25) is 0 Å². The summed E-state index contributed by atoms with van der Waals surface area (Å²) in [6.45, 7) is 5.36. The van der Waals surface area contributed by atoms with Crippen LogP contribution in [0.4, 0.5) is 11.4 Å². The second-order valence-electron chi connectivity index (χ2n) is 9.03. The van der Waals surface area contributed by atoms with E-state index in [-0.39, 0.29) is 23.7 Å². The van der Waals surface area contributed by atoms with E-state index in [4.69, 9.17) is 0 Å². The molecule has 28 heavy (non-hydrogen) atoms. The van der Waals surface area contributed by atoms with Crippen molar-refractivity contribution in [3.05, 3.63) is 23.8 Å². The van der Waals surface area contributed by atoms with Gasteiger partial charge in [0.2, 0.25) is 11.8 Å². The number of amides is 2. The number of carbonyl (C=O) groups excluding carboxylic acids is 2. The average molecular weight is 386 g/mol. The molecule has 0 saturated heterocycles. The molecule has 0 unspecified atom stereocenters. The summed E-state index contributed by atoms with van der Waals surface area (Å²) in [6.07, 6.45) is 6.73. The molecule has 5 heteroatoms. The number of nitrogens with zero attached hydrogens (tertiary/aromatic N) is 2. The van der Waals surface area contributed by atoms with Crippen LogP contribution in [0.25, 0.3) is 0 Å². The molecular formula is C23H35N3O2. The Morgan fingerprint density at radius 2 is 1.79 bits per heavy atom. The molecule has 2 aliphatic rings. The highest BCUT2D eigenvalue weighted by molar-refractivity contribution is 5.93. The Morgan fingerprint density at radius 3 is 2.36 bits per heavy atom. The lowest BCUT2D eigenvalue weighted by molar-refractivity contribution is -0.135. The van der Waals surface area contributed by atoms with Gasteiger partial charge >= 0.3 is 0 Å². The van der Waals surface area contributed by atoms with Gasteiger partial charge in [0.15, 0.2) is 0 Å². The van der Waals surface area contributed by atoms with Gasteiger partial charge < -0.3 is 15.1 Å². The summed E-state index contributed by atoms with van der Waals surface area (Å²) in [7, 11) is 4.04. The maximum atomic E-state index is 12.8. The van der Waals surface area contributed by atoms with Crippen molar-refractivity contribution in [1.29, 1.82) is 0 Å². The molecule has 0 aliphatic heterocycles. The lowest BCUT2D eigenvalue weighted by Crippen LogP contribution is -2.36. The van der Waals surface area contributed by atoms with Gasteiger partial charge in [0.05, 0.1) is 0 Å². The molecule has 1 N–H and O–H groups in total. The lowest BCUT2D eigenvalue weighted by atomic mass is 10.1. The maximum absolute atomic E-state index is 12.8. The summed E-state index contributed by atoms with van der Waals surface area (Å²) in [5, 5.41) is 3.11. The predicted octanol–water partition coefficient (Wildman–Crippen LogP) is 4.28. The van der Waals surface area contributed by atoms with Gasteiger partial charge in [-0.3, -0.25) is 9.59 Å². The first-order valence-corrected chi connectivity index (χ1v) is 10.7. The van der Waals surface area contributed by atoms with Crippen LogP contribution < -0.4 is 10.2 Å². The average Bonchev–Trinajstić information content (AvgIpc) is 3.29. The Morgan fingerprint density at radius 1 is 1.11 bits per heavy atom. The number of hydrogen-bond acceptors (Lipinski definition) is 3. The molecular weight excluding hydrogens is 350 g/mol. The summed E-state index contributed by atoms with van der Waals surface area (Å²) >= 11 is 0. The summed E-state index contributed by atoms with van der Waals surface area (Å²) < 4.78 is 0. The minimum atomic E-state index is -0.00759. The summed E-state index contributed by atoms with van der Waals surface area (Å²) in [6, 6.07) is 6.08. The molecule has 1 aromatic rings. The number of hydrogen-bond donors (Lipinski definition) is 1. The number of rotatable bonds is 8. The van der Waals surface area contributed by atoms with Crippen LogP contribution in [0, 0.1) is 17.8 Å². The zero-order chi connectivity index (χ0) is 20.3. The normalized spacial score (nSPS) is 17.0. The van der Waals surface area contributed by atoms with Crippen molar-refractivity contribution in [1.82, 2.24) is 4.90 Å². The molecule has 0 heterocycles. The van der Waals surface area contributed by atoms with E-state index in [2.05, 4.69) is 22.3 Å². The maximum Gasteiger partial charge on any atom is 0.227 e. The molecule has 3 rings (SSSR count). The molecule has 154 valence electrons. The van der Waals surface area contributed by atoms with Gasteiger partial charge in [-0.2, -0.15) is 0 Å². The van der Waals surface area contributed by atoms with Crippen LogP contribution >= 0.6 is 0 Å². The minimum absolute atomic E-state index is 0.00759. The monoisotopic (exact) mass is 385 g/mol. The van der Waals surface area contributed by atoms with Gasteiger partial charge in [-0.15, -0.1) is 0 Å². The molecule has 0 radical (unpaired) electrons. The van der Waals surface area contributed by atoms with Gasteiger partial charge in [-0.05, 0) is 55.4 Å². The smallest absolute Gasteiger partial charge is 0.227 e. The Bertz CT molecular complexity index is 704. The van der Waals surface area contributed by atoms with Gasteiger partial charge in [-0.1, -0.05) is 26.7 Å². The Kier molecular flexibility index (Phi) is 6.63. The number of nitrogens with one attached hydrogen (secondary N) is 1. The van der Waals surface area contributed by atoms with Crippen LogP contribution in [0.1, 0.15) is 57.9 Å². The van der Waals surface area contributed by atoms with Crippen molar-refractivity contribution in [3.8, 4) is 0 Å². The highest BCUT2D eigenvalue weighted by Crippen LogP contribution is 2.32. The van der Waals surface area contributed by atoms with E-state index in [1.165, 1.54) is 12.8 Å². The summed E-state index contributed by atoms with van der Waals surface area (Å²) in [4.78, 5) is 29.4. The van der Waals surface area contributed by atoms with E-state index < -0.39 is 0 Å². The van der Waals surface area contributed by atoms with Crippen molar-refractivity contribution in [2.24, 2.45) is 17.8 Å². The van der Waals surface area contributed by atoms with Crippen molar-refractivity contribution >= 4 is 23.2 Å².